The Kier molecular flexibility index (Phi) is 9.69. The van der Waals surface area contributed by atoms with E-state index in [1.165, 1.54) is 0 Å². The molecule has 0 aromatic rings. The number of likely N-dealkylation sites (tertiary alicyclic amines) is 1. The second-order valence-corrected chi connectivity index (χ2v) is 6.67. The molecule has 0 bridgehead atoms. The number of amides is 2. The van der Waals surface area contributed by atoms with Gasteiger partial charge in [-0.15, -0.1) is 12.4 Å². The first-order chi connectivity index (χ1) is 9.85. The van der Waals surface area contributed by atoms with Gasteiger partial charge in [-0.3, -0.25) is 9.59 Å². The molecule has 1 aliphatic rings. The molecule has 1 heterocycles. The standard InChI is InChI=1S/C16H31N3O2.ClH/c1-5-12(4)15(17)16(21)18-13-6-8-19(9-7-13)14(20)10-11(2)3;/h11-13,15H,5-10,17H2,1-4H3,(H,18,21);1H. The van der Waals surface area contributed by atoms with Gasteiger partial charge in [0.2, 0.25) is 11.8 Å². The van der Waals surface area contributed by atoms with Crippen molar-refractivity contribution in [3.63, 3.8) is 0 Å². The molecule has 1 aliphatic heterocycles. The Bertz CT molecular complexity index is 355. The number of nitrogens with one attached hydrogen (secondary N) is 1. The minimum Gasteiger partial charge on any atom is -0.352 e. The van der Waals surface area contributed by atoms with Crippen molar-refractivity contribution in [2.45, 2.75) is 65.5 Å². The molecule has 130 valence electrons. The van der Waals surface area contributed by atoms with E-state index >= 15 is 0 Å². The molecule has 0 aromatic carbocycles. The van der Waals surface area contributed by atoms with Gasteiger partial charge in [-0.2, -0.15) is 0 Å². The van der Waals surface area contributed by atoms with E-state index < -0.39 is 6.04 Å². The molecule has 0 radical (unpaired) electrons. The van der Waals surface area contributed by atoms with Crippen molar-refractivity contribution in [1.82, 2.24) is 10.2 Å². The van der Waals surface area contributed by atoms with Gasteiger partial charge in [0.05, 0.1) is 6.04 Å². The molecule has 0 aromatic heterocycles. The second-order valence-electron chi connectivity index (χ2n) is 6.67. The van der Waals surface area contributed by atoms with E-state index in [1.54, 1.807) is 0 Å². The van der Waals surface area contributed by atoms with Crippen molar-refractivity contribution in [3.8, 4) is 0 Å². The summed E-state index contributed by atoms with van der Waals surface area (Å²) in [4.78, 5) is 26.0. The van der Waals surface area contributed by atoms with Crippen LogP contribution in [0.3, 0.4) is 0 Å². The highest BCUT2D eigenvalue weighted by atomic mass is 35.5. The number of carbonyl (C=O) groups excluding carboxylic acids is 2. The first-order valence-corrected chi connectivity index (χ1v) is 8.18. The van der Waals surface area contributed by atoms with E-state index in [2.05, 4.69) is 19.2 Å². The zero-order valence-corrected chi connectivity index (χ0v) is 15.1. The normalized spacial score (nSPS) is 18.5. The molecule has 1 rings (SSSR count). The number of nitrogens with zero attached hydrogens (tertiary/aromatic N) is 1. The molecular formula is C16H32ClN3O2. The van der Waals surface area contributed by atoms with Gasteiger partial charge in [-0.05, 0) is 24.7 Å². The van der Waals surface area contributed by atoms with Crippen LogP contribution in [-0.4, -0.2) is 41.9 Å². The molecule has 0 saturated carbocycles. The third kappa shape index (κ3) is 6.53. The van der Waals surface area contributed by atoms with Gasteiger partial charge in [0, 0.05) is 25.6 Å². The molecule has 1 saturated heterocycles. The van der Waals surface area contributed by atoms with Crippen LogP contribution in [0.4, 0.5) is 0 Å². The number of nitrogens with two attached hydrogens (primary N) is 1. The molecule has 2 atom stereocenters. The Hall–Kier alpha value is -0.810. The fourth-order valence-corrected chi connectivity index (χ4v) is 2.56. The fraction of sp³-hybridized carbons (Fsp3) is 0.875. The minimum absolute atomic E-state index is 0. The lowest BCUT2D eigenvalue weighted by Crippen LogP contribution is -2.52. The van der Waals surface area contributed by atoms with E-state index in [9.17, 15) is 9.59 Å². The lowest BCUT2D eigenvalue weighted by Gasteiger charge is -2.33. The Morgan fingerprint density at radius 1 is 1.23 bits per heavy atom. The van der Waals surface area contributed by atoms with Crippen LogP contribution in [0.15, 0.2) is 0 Å². The van der Waals surface area contributed by atoms with Crippen LogP contribution in [0.1, 0.15) is 53.4 Å². The summed E-state index contributed by atoms with van der Waals surface area (Å²) in [5, 5.41) is 3.03. The maximum absolute atomic E-state index is 12.1. The summed E-state index contributed by atoms with van der Waals surface area (Å²) in [6, 6.07) is -0.286. The molecule has 2 amide bonds. The van der Waals surface area contributed by atoms with Crippen molar-refractivity contribution in [1.29, 1.82) is 0 Å². The predicted octanol–water partition coefficient (Wildman–Crippen LogP) is 1.93. The van der Waals surface area contributed by atoms with E-state index in [1.807, 2.05) is 18.7 Å². The number of rotatable bonds is 6. The fourth-order valence-electron chi connectivity index (χ4n) is 2.56. The van der Waals surface area contributed by atoms with E-state index in [4.69, 9.17) is 5.73 Å². The van der Waals surface area contributed by atoms with E-state index in [0.29, 0.717) is 12.3 Å². The van der Waals surface area contributed by atoms with Crippen LogP contribution in [0.5, 0.6) is 0 Å². The largest absolute Gasteiger partial charge is 0.352 e. The summed E-state index contributed by atoms with van der Waals surface area (Å²) in [5.41, 5.74) is 5.94. The third-order valence-corrected chi connectivity index (χ3v) is 4.34. The summed E-state index contributed by atoms with van der Waals surface area (Å²) in [7, 11) is 0. The maximum atomic E-state index is 12.1. The second kappa shape index (κ2) is 10.1. The van der Waals surface area contributed by atoms with Gasteiger partial charge in [0.15, 0.2) is 0 Å². The molecule has 2 unspecified atom stereocenters. The monoisotopic (exact) mass is 333 g/mol. The summed E-state index contributed by atoms with van der Waals surface area (Å²) < 4.78 is 0. The van der Waals surface area contributed by atoms with Crippen LogP contribution in [0, 0.1) is 11.8 Å². The number of halogens is 1. The van der Waals surface area contributed by atoms with Gasteiger partial charge in [0.1, 0.15) is 0 Å². The van der Waals surface area contributed by atoms with Crippen molar-refractivity contribution >= 4 is 24.2 Å². The summed E-state index contributed by atoms with van der Waals surface area (Å²) in [6.45, 7) is 9.61. The molecule has 22 heavy (non-hydrogen) atoms. The first kappa shape index (κ1) is 21.2. The van der Waals surface area contributed by atoms with Crippen LogP contribution in [-0.2, 0) is 9.59 Å². The minimum atomic E-state index is -0.435. The zero-order valence-electron chi connectivity index (χ0n) is 14.3. The van der Waals surface area contributed by atoms with Crippen LogP contribution in [0.2, 0.25) is 0 Å². The smallest absolute Gasteiger partial charge is 0.237 e. The maximum Gasteiger partial charge on any atom is 0.237 e. The average Bonchev–Trinajstić information content (AvgIpc) is 2.45. The molecule has 5 nitrogen and oxygen atoms in total. The number of carbonyl (C=O) groups is 2. The molecular weight excluding hydrogens is 302 g/mol. The number of hydrogen-bond acceptors (Lipinski definition) is 3. The van der Waals surface area contributed by atoms with Gasteiger partial charge in [-0.1, -0.05) is 34.1 Å². The van der Waals surface area contributed by atoms with Crippen LogP contribution >= 0.6 is 12.4 Å². The Morgan fingerprint density at radius 2 is 1.77 bits per heavy atom. The lowest BCUT2D eigenvalue weighted by atomic mass is 9.98. The average molecular weight is 334 g/mol. The Morgan fingerprint density at radius 3 is 2.23 bits per heavy atom. The summed E-state index contributed by atoms with van der Waals surface area (Å²) in [5.74, 6) is 0.753. The van der Waals surface area contributed by atoms with Crippen LogP contribution < -0.4 is 11.1 Å². The van der Waals surface area contributed by atoms with Crippen molar-refractivity contribution in [3.05, 3.63) is 0 Å². The lowest BCUT2D eigenvalue weighted by molar-refractivity contribution is -0.133. The highest BCUT2D eigenvalue weighted by Gasteiger charge is 2.26. The number of piperidine rings is 1. The number of hydrogen-bond donors (Lipinski definition) is 2. The molecule has 3 N–H and O–H groups in total. The topological polar surface area (TPSA) is 75.4 Å². The van der Waals surface area contributed by atoms with E-state index in [0.717, 1.165) is 32.4 Å². The highest BCUT2D eigenvalue weighted by Crippen LogP contribution is 2.14. The zero-order chi connectivity index (χ0) is 16.0. The molecule has 6 heteroatoms. The van der Waals surface area contributed by atoms with Crippen molar-refractivity contribution in [2.24, 2.45) is 17.6 Å². The van der Waals surface area contributed by atoms with Gasteiger partial charge in [0.25, 0.3) is 0 Å². The van der Waals surface area contributed by atoms with Gasteiger partial charge >= 0.3 is 0 Å². The van der Waals surface area contributed by atoms with E-state index in [-0.39, 0.29) is 36.2 Å². The first-order valence-electron chi connectivity index (χ1n) is 8.18. The van der Waals surface area contributed by atoms with Crippen LogP contribution in [0.25, 0.3) is 0 Å². The summed E-state index contributed by atoms with van der Waals surface area (Å²) in [6.07, 6.45) is 3.15. The summed E-state index contributed by atoms with van der Waals surface area (Å²) >= 11 is 0. The molecule has 1 fully saturated rings. The van der Waals surface area contributed by atoms with Gasteiger partial charge in [-0.25, -0.2) is 0 Å². The van der Waals surface area contributed by atoms with Crippen molar-refractivity contribution < 1.29 is 9.59 Å². The third-order valence-electron chi connectivity index (χ3n) is 4.34. The Balaban J connectivity index is 0.00000441. The Labute approximate surface area is 140 Å². The predicted molar refractivity (Wildman–Crippen MR) is 91.9 cm³/mol. The molecule has 0 aliphatic carbocycles. The van der Waals surface area contributed by atoms with Gasteiger partial charge < -0.3 is 16.0 Å². The highest BCUT2D eigenvalue weighted by molar-refractivity contribution is 5.85. The molecule has 0 spiro atoms. The van der Waals surface area contributed by atoms with Crippen molar-refractivity contribution in [2.75, 3.05) is 13.1 Å². The SMILES string of the molecule is CCC(C)C(N)C(=O)NC1CCN(C(=O)CC(C)C)CC1.Cl. The quantitative estimate of drug-likeness (QED) is 0.780.